The van der Waals surface area contributed by atoms with Gasteiger partial charge in [-0.15, -0.1) is 0 Å². The number of rotatable bonds is 3. The molecule has 0 unspecified atom stereocenters. The van der Waals surface area contributed by atoms with Crippen molar-refractivity contribution in [2.45, 2.75) is 27.3 Å². The number of nitrogens with zero attached hydrogens (tertiary/aromatic N) is 1. The fraction of sp³-hybridized carbons (Fsp3) is 0.267. The molecule has 0 saturated heterocycles. The van der Waals surface area contributed by atoms with E-state index in [1.54, 1.807) is 0 Å². The van der Waals surface area contributed by atoms with Crippen molar-refractivity contribution in [1.82, 2.24) is 9.55 Å². The van der Waals surface area contributed by atoms with E-state index in [0.29, 0.717) is 5.56 Å². The van der Waals surface area contributed by atoms with E-state index in [9.17, 15) is 14.4 Å². The highest BCUT2D eigenvalue weighted by molar-refractivity contribution is 6.30. The average molecular weight is 307 g/mol. The Morgan fingerprint density at radius 2 is 1.76 bits per heavy atom. The molecule has 0 aliphatic heterocycles. The summed E-state index contributed by atoms with van der Waals surface area (Å²) < 4.78 is 1.10. The first-order valence-electron chi connectivity index (χ1n) is 6.40. The van der Waals surface area contributed by atoms with Gasteiger partial charge in [-0.1, -0.05) is 29.3 Å². The van der Waals surface area contributed by atoms with E-state index in [1.165, 1.54) is 6.20 Å². The number of carbonyl (C=O) groups is 1. The molecule has 0 radical (unpaired) electrons. The van der Waals surface area contributed by atoms with E-state index >= 15 is 0 Å². The number of benzene rings is 1. The number of H-pyrrole nitrogens is 1. The van der Waals surface area contributed by atoms with E-state index in [-0.39, 0.29) is 17.4 Å². The summed E-state index contributed by atoms with van der Waals surface area (Å²) in [6.07, 6.45) is 1.18. The van der Waals surface area contributed by atoms with Crippen LogP contribution in [0.15, 0.2) is 27.9 Å². The number of ketones is 1. The summed E-state index contributed by atoms with van der Waals surface area (Å²) in [5, 5.41) is -0.125. The Bertz CT molecular complexity index is 811. The van der Waals surface area contributed by atoms with Gasteiger partial charge in [-0.2, -0.15) is 0 Å². The molecule has 1 heterocycles. The van der Waals surface area contributed by atoms with Gasteiger partial charge in [0.2, 0.25) is 0 Å². The lowest BCUT2D eigenvalue weighted by molar-refractivity contribution is 0.0969. The summed E-state index contributed by atoms with van der Waals surface area (Å²) in [6.45, 7) is 5.51. The molecule has 0 fully saturated rings. The summed E-state index contributed by atoms with van der Waals surface area (Å²) in [4.78, 5) is 37.4. The zero-order chi connectivity index (χ0) is 15.7. The summed E-state index contributed by atoms with van der Waals surface area (Å²) in [5.74, 6) is -0.199. The maximum Gasteiger partial charge on any atom is 0.328 e. The van der Waals surface area contributed by atoms with Gasteiger partial charge < -0.3 is 0 Å². The van der Waals surface area contributed by atoms with Gasteiger partial charge in [-0.05, 0) is 31.9 Å². The monoisotopic (exact) mass is 306 g/mol. The standard InChI is InChI=1S/C15H15ClN2O3/c1-8-4-9(2)13(10(3)5-8)12(19)7-18-6-11(16)14(20)17-15(18)21/h4-6H,7H2,1-3H3,(H,17,20,21). The van der Waals surface area contributed by atoms with Crippen LogP contribution in [0.25, 0.3) is 0 Å². The van der Waals surface area contributed by atoms with Gasteiger partial charge >= 0.3 is 5.69 Å². The Labute approximate surface area is 126 Å². The molecule has 1 aromatic heterocycles. The molecule has 1 N–H and O–H groups in total. The molecule has 1 aromatic carbocycles. The lowest BCUT2D eigenvalue weighted by Gasteiger charge is -2.11. The van der Waals surface area contributed by atoms with Crippen LogP contribution in [-0.4, -0.2) is 15.3 Å². The maximum absolute atomic E-state index is 12.4. The maximum atomic E-state index is 12.4. The molecule has 0 bridgehead atoms. The van der Waals surface area contributed by atoms with Crippen molar-refractivity contribution in [3.05, 3.63) is 66.4 Å². The number of hydrogen-bond acceptors (Lipinski definition) is 3. The van der Waals surface area contributed by atoms with Crippen LogP contribution in [0.5, 0.6) is 0 Å². The van der Waals surface area contributed by atoms with Crippen molar-refractivity contribution in [3.63, 3.8) is 0 Å². The molecule has 6 heteroatoms. The van der Waals surface area contributed by atoms with Crippen LogP contribution in [0, 0.1) is 20.8 Å². The van der Waals surface area contributed by atoms with Crippen molar-refractivity contribution >= 4 is 17.4 Å². The molecule has 0 atom stereocenters. The SMILES string of the molecule is Cc1cc(C)c(C(=O)Cn2cc(Cl)c(=O)[nH]c2=O)c(C)c1. The highest BCUT2D eigenvalue weighted by Gasteiger charge is 2.14. The highest BCUT2D eigenvalue weighted by Crippen LogP contribution is 2.17. The third-order valence-electron chi connectivity index (χ3n) is 3.24. The Hall–Kier alpha value is -2.14. The van der Waals surface area contributed by atoms with E-state index in [4.69, 9.17) is 11.6 Å². The lowest BCUT2D eigenvalue weighted by Crippen LogP contribution is -2.32. The molecular weight excluding hydrogens is 292 g/mol. The summed E-state index contributed by atoms with van der Waals surface area (Å²) in [7, 11) is 0. The van der Waals surface area contributed by atoms with Crippen LogP contribution in [0.3, 0.4) is 0 Å². The van der Waals surface area contributed by atoms with Gasteiger partial charge in [0.1, 0.15) is 5.02 Å². The van der Waals surface area contributed by atoms with Gasteiger partial charge in [0.05, 0.1) is 6.54 Å². The second-order valence-corrected chi connectivity index (χ2v) is 5.47. The largest absolute Gasteiger partial charge is 0.328 e. The first-order chi connectivity index (χ1) is 9.79. The summed E-state index contributed by atoms with van der Waals surface area (Å²) >= 11 is 5.68. The van der Waals surface area contributed by atoms with E-state index < -0.39 is 11.2 Å². The molecular formula is C15H15ClN2O3. The Morgan fingerprint density at radius 3 is 2.33 bits per heavy atom. The zero-order valence-electron chi connectivity index (χ0n) is 12.0. The van der Waals surface area contributed by atoms with Gasteiger partial charge in [0.25, 0.3) is 5.56 Å². The summed E-state index contributed by atoms with van der Waals surface area (Å²) in [5.41, 5.74) is 2.08. The van der Waals surface area contributed by atoms with Crippen molar-refractivity contribution in [3.8, 4) is 0 Å². The molecule has 0 spiro atoms. The molecule has 0 amide bonds. The number of aromatic nitrogens is 2. The smallest absolute Gasteiger partial charge is 0.292 e. The number of halogens is 1. The number of carbonyl (C=O) groups excluding carboxylic acids is 1. The van der Waals surface area contributed by atoms with Crippen LogP contribution in [0.4, 0.5) is 0 Å². The first kappa shape index (κ1) is 15.3. The number of aryl methyl sites for hydroxylation is 3. The predicted octanol–water partition coefficient (Wildman–Crippen LogP) is 2.00. The predicted molar refractivity (Wildman–Crippen MR) is 81.3 cm³/mol. The number of Topliss-reactive ketones (excluding diaryl/α,β-unsaturated/α-hetero) is 1. The molecule has 0 saturated carbocycles. The molecule has 2 aromatic rings. The molecule has 5 nitrogen and oxygen atoms in total. The zero-order valence-corrected chi connectivity index (χ0v) is 12.7. The molecule has 2 rings (SSSR count). The number of nitrogens with one attached hydrogen (secondary N) is 1. The Morgan fingerprint density at radius 1 is 1.19 bits per heavy atom. The minimum atomic E-state index is -0.659. The topological polar surface area (TPSA) is 71.9 Å². The van der Waals surface area contributed by atoms with Crippen LogP contribution in [0.1, 0.15) is 27.0 Å². The minimum Gasteiger partial charge on any atom is -0.292 e. The number of hydrogen-bond donors (Lipinski definition) is 1. The van der Waals surface area contributed by atoms with Crippen LogP contribution in [-0.2, 0) is 6.54 Å². The van der Waals surface area contributed by atoms with Gasteiger partial charge in [-0.25, -0.2) is 4.79 Å². The Balaban J connectivity index is 2.42. The lowest BCUT2D eigenvalue weighted by atomic mass is 9.96. The van der Waals surface area contributed by atoms with Crippen molar-refractivity contribution in [1.29, 1.82) is 0 Å². The fourth-order valence-electron chi connectivity index (χ4n) is 2.45. The molecule has 110 valence electrons. The van der Waals surface area contributed by atoms with Crippen LogP contribution < -0.4 is 11.2 Å². The van der Waals surface area contributed by atoms with Crippen LogP contribution in [0.2, 0.25) is 5.02 Å². The van der Waals surface area contributed by atoms with Gasteiger partial charge in [0, 0.05) is 11.8 Å². The third-order valence-corrected chi connectivity index (χ3v) is 3.51. The van der Waals surface area contributed by atoms with Crippen LogP contribution >= 0.6 is 11.6 Å². The minimum absolute atomic E-state index is 0.125. The highest BCUT2D eigenvalue weighted by atomic mass is 35.5. The first-order valence-corrected chi connectivity index (χ1v) is 6.77. The second kappa shape index (κ2) is 5.69. The molecule has 0 aliphatic carbocycles. The molecule has 21 heavy (non-hydrogen) atoms. The Kier molecular flexibility index (Phi) is 4.14. The second-order valence-electron chi connectivity index (χ2n) is 5.06. The quantitative estimate of drug-likeness (QED) is 0.882. The number of aromatic amines is 1. The van der Waals surface area contributed by atoms with Crippen molar-refractivity contribution in [2.75, 3.05) is 0 Å². The van der Waals surface area contributed by atoms with Gasteiger partial charge in [-0.3, -0.25) is 19.1 Å². The fourth-order valence-corrected chi connectivity index (χ4v) is 2.62. The molecule has 0 aliphatic rings. The van der Waals surface area contributed by atoms with E-state index in [1.807, 2.05) is 32.9 Å². The normalized spacial score (nSPS) is 10.7. The van der Waals surface area contributed by atoms with E-state index in [2.05, 4.69) is 4.98 Å². The summed E-state index contributed by atoms with van der Waals surface area (Å²) in [6, 6.07) is 3.84. The van der Waals surface area contributed by atoms with Gasteiger partial charge in [0.15, 0.2) is 5.78 Å². The average Bonchev–Trinajstić information content (AvgIpc) is 2.34. The third kappa shape index (κ3) is 3.13. The van der Waals surface area contributed by atoms with Crippen molar-refractivity contribution in [2.24, 2.45) is 0 Å². The van der Waals surface area contributed by atoms with E-state index in [0.717, 1.165) is 21.3 Å². The van der Waals surface area contributed by atoms with Crippen molar-refractivity contribution < 1.29 is 4.79 Å².